The van der Waals surface area contributed by atoms with Crippen LogP contribution in [-0.2, 0) is 6.18 Å². The van der Waals surface area contributed by atoms with Crippen molar-refractivity contribution < 1.29 is 18.0 Å². The molecule has 0 bridgehead atoms. The highest BCUT2D eigenvalue weighted by Gasteiger charge is 2.30. The van der Waals surface area contributed by atoms with E-state index in [4.69, 9.17) is 11.6 Å². The Kier molecular flexibility index (Phi) is 6.33. The van der Waals surface area contributed by atoms with Crippen LogP contribution in [0.5, 0.6) is 0 Å². The predicted octanol–water partition coefficient (Wildman–Crippen LogP) is 4.19. The molecule has 0 heterocycles. The lowest BCUT2D eigenvalue weighted by atomic mass is 10.1. The van der Waals surface area contributed by atoms with Crippen LogP contribution in [0, 0.1) is 0 Å². The molecule has 6 heteroatoms. The maximum atomic E-state index is 12.4. The lowest BCUT2D eigenvalue weighted by Gasteiger charge is -2.17. The second-order valence-electron chi connectivity index (χ2n) is 4.55. The average molecular weight is 308 g/mol. The molecule has 0 spiro atoms. The number of carbonyl (C=O) groups is 1. The average Bonchev–Trinajstić information content (AvgIpc) is 2.41. The van der Waals surface area contributed by atoms with E-state index in [1.165, 1.54) is 17.0 Å². The Balaban J connectivity index is 2.59. The Hall–Kier alpha value is -1.23. The molecule has 0 N–H and O–H groups in total. The van der Waals surface area contributed by atoms with E-state index in [1.54, 1.807) is 7.05 Å². The topological polar surface area (TPSA) is 20.3 Å². The molecule has 0 saturated heterocycles. The first-order chi connectivity index (χ1) is 9.36. The van der Waals surface area contributed by atoms with Gasteiger partial charge in [-0.05, 0) is 37.1 Å². The number of carbonyl (C=O) groups excluding carboxylic acids is 1. The predicted molar refractivity (Wildman–Crippen MR) is 73.0 cm³/mol. The SMILES string of the molecule is CN(CCCCCCl)C(=O)c1ccc(C(F)(F)F)cc1. The molecule has 0 saturated carbocycles. The highest BCUT2D eigenvalue weighted by atomic mass is 35.5. The summed E-state index contributed by atoms with van der Waals surface area (Å²) in [6.45, 7) is 0.566. The third-order valence-electron chi connectivity index (χ3n) is 2.93. The molecule has 112 valence electrons. The standard InChI is InChI=1S/C14H17ClF3NO/c1-19(10-4-2-3-9-15)13(20)11-5-7-12(8-6-11)14(16,17)18/h5-8H,2-4,9-10H2,1H3. The van der Waals surface area contributed by atoms with Gasteiger partial charge in [-0.15, -0.1) is 11.6 Å². The van der Waals surface area contributed by atoms with Gasteiger partial charge >= 0.3 is 6.18 Å². The summed E-state index contributed by atoms with van der Waals surface area (Å²) in [5, 5.41) is 0. The van der Waals surface area contributed by atoms with Crippen molar-refractivity contribution in [1.29, 1.82) is 0 Å². The van der Waals surface area contributed by atoms with Crippen LogP contribution >= 0.6 is 11.6 Å². The molecule has 0 atom stereocenters. The molecular weight excluding hydrogens is 291 g/mol. The zero-order chi connectivity index (χ0) is 15.2. The van der Waals surface area contributed by atoms with Crippen molar-refractivity contribution in [2.75, 3.05) is 19.5 Å². The molecule has 0 radical (unpaired) electrons. The molecule has 20 heavy (non-hydrogen) atoms. The van der Waals surface area contributed by atoms with E-state index in [9.17, 15) is 18.0 Å². The van der Waals surface area contributed by atoms with Crippen LogP contribution in [-0.4, -0.2) is 30.3 Å². The molecule has 0 aliphatic rings. The molecule has 0 fully saturated rings. The zero-order valence-electron chi connectivity index (χ0n) is 11.2. The van der Waals surface area contributed by atoms with Gasteiger partial charge in [0.15, 0.2) is 0 Å². The number of halogens is 4. The van der Waals surface area contributed by atoms with E-state index in [0.717, 1.165) is 31.4 Å². The Labute approximate surface area is 121 Å². The first kappa shape index (κ1) is 16.8. The number of unbranched alkanes of at least 4 members (excludes halogenated alkanes) is 2. The molecule has 0 aliphatic carbocycles. The molecular formula is C14H17ClF3NO. The number of amides is 1. The molecule has 0 unspecified atom stereocenters. The number of benzene rings is 1. The lowest BCUT2D eigenvalue weighted by Crippen LogP contribution is -2.27. The second-order valence-corrected chi connectivity index (χ2v) is 4.93. The zero-order valence-corrected chi connectivity index (χ0v) is 12.0. The van der Waals surface area contributed by atoms with Gasteiger partial charge in [0.05, 0.1) is 5.56 Å². The molecule has 0 aliphatic heterocycles. The number of rotatable bonds is 6. The van der Waals surface area contributed by atoms with E-state index in [1.807, 2.05) is 0 Å². The van der Waals surface area contributed by atoms with Gasteiger partial charge in [0.25, 0.3) is 5.91 Å². The van der Waals surface area contributed by atoms with E-state index in [-0.39, 0.29) is 11.5 Å². The fourth-order valence-corrected chi connectivity index (χ4v) is 1.93. The summed E-state index contributed by atoms with van der Waals surface area (Å²) in [5.74, 6) is 0.320. The van der Waals surface area contributed by atoms with E-state index in [0.29, 0.717) is 12.4 Å². The maximum absolute atomic E-state index is 12.4. The summed E-state index contributed by atoms with van der Waals surface area (Å²) in [6.07, 6.45) is -1.73. The summed E-state index contributed by atoms with van der Waals surface area (Å²) in [6, 6.07) is 4.27. The molecule has 1 aromatic rings. The van der Waals surface area contributed by atoms with Crippen LogP contribution in [0.25, 0.3) is 0 Å². The molecule has 1 amide bonds. The van der Waals surface area contributed by atoms with Crippen molar-refractivity contribution in [3.8, 4) is 0 Å². The summed E-state index contributed by atoms with van der Waals surface area (Å²) in [5.41, 5.74) is -0.489. The first-order valence-electron chi connectivity index (χ1n) is 6.35. The largest absolute Gasteiger partial charge is 0.416 e. The molecule has 1 rings (SSSR count). The van der Waals surface area contributed by atoms with E-state index < -0.39 is 11.7 Å². The molecule has 1 aromatic carbocycles. The van der Waals surface area contributed by atoms with Gasteiger partial charge < -0.3 is 4.90 Å². The van der Waals surface area contributed by atoms with Crippen LogP contribution in [0.4, 0.5) is 13.2 Å². The third-order valence-corrected chi connectivity index (χ3v) is 3.20. The highest BCUT2D eigenvalue weighted by Crippen LogP contribution is 2.29. The number of hydrogen-bond acceptors (Lipinski definition) is 1. The number of nitrogens with zero attached hydrogens (tertiary/aromatic N) is 1. The van der Waals surface area contributed by atoms with Crippen molar-refractivity contribution in [2.45, 2.75) is 25.4 Å². The summed E-state index contributed by atoms with van der Waals surface area (Å²) in [7, 11) is 1.64. The minimum Gasteiger partial charge on any atom is -0.342 e. The Bertz CT molecular complexity index is 431. The monoisotopic (exact) mass is 307 g/mol. The van der Waals surface area contributed by atoms with Crippen LogP contribution in [0.15, 0.2) is 24.3 Å². The van der Waals surface area contributed by atoms with Gasteiger partial charge in [-0.1, -0.05) is 6.42 Å². The first-order valence-corrected chi connectivity index (χ1v) is 6.88. The molecule has 2 nitrogen and oxygen atoms in total. The maximum Gasteiger partial charge on any atom is 0.416 e. The van der Waals surface area contributed by atoms with Gasteiger partial charge in [-0.2, -0.15) is 13.2 Å². The fourth-order valence-electron chi connectivity index (χ4n) is 1.74. The van der Waals surface area contributed by atoms with Crippen molar-refractivity contribution in [3.05, 3.63) is 35.4 Å². The minimum atomic E-state index is -4.38. The Morgan fingerprint density at radius 3 is 2.25 bits per heavy atom. The van der Waals surface area contributed by atoms with Gasteiger partial charge in [0, 0.05) is 25.0 Å². The summed E-state index contributed by atoms with van der Waals surface area (Å²) in [4.78, 5) is 13.5. The van der Waals surface area contributed by atoms with E-state index in [2.05, 4.69) is 0 Å². The van der Waals surface area contributed by atoms with Crippen LogP contribution in [0.1, 0.15) is 35.2 Å². The van der Waals surface area contributed by atoms with Gasteiger partial charge in [0.2, 0.25) is 0 Å². The third kappa shape index (κ3) is 5.04. The van der Waals surface area contributed by atoms with Crippen molar-refractivity contribution in [2.24, 2.45) is 0 Å². The van der Waals surface area contributed by atoms with E-state index >= 15 is 0 Å². The quantitative estimate of drug-likeness (QED) is 0.570. The fraction of sp³-hybridized carbons (Fsp3) is 0.500. The number of hydrogen-bond donors (Lipinski definition) is 0. The van der Waals surface area contributed by atoms with Crippen LogP contribution in [0.2, 0.25) is 0 Å². The van der Waals surface area contributed by atoms with Gasteiger partial charge in [0.1, 0.15) is 0 Å². The highest BCUT2D eigenvalue weighted by molar-refractivity contribution is 6.17. The lowest BCUT2D eigenvalue weighted by molar-refractivity contribution is -0.137. The Morgan fingerprint density at radius 1 is 1.15 bits per heavy atom. The normalized spacial score (nSPS) is 11.4. The minimum absolute atomic E-state index is 0.262. The van der Waals surface area contributed by atoms with Gasteiger partial charge in [-0.3, -0.25) is 4.79 Å². The summed E-state index contributed by atoms with van der Waals surface area (Å²) < 4.78 is 37.2. The van der Waals surface area contributed by atoms with Crippen molar-refractivity contribution in [1.82, 2.24) is 4.90 Å². The van der Waals surface area contributed by atoms with Crippen LogP contribution < -0.4 is 0 Å². The van der Waals surface area contributed by atoms with Gasteiger partial charge in [-0.25, -0.2) is 0 Å². The van der Waals surface area contributed by atoms with Crippen molar-refractivity contribution >= 4 is 17.5 Å². The Morgan fingerprint density at radius 2 is 1.75 bits per heavy atom. The molecule has 0 aromatic heterocycles. The summed E-state index contributed by atoms with van der Waals surface area (Å²) >= 11 is 5.55. The van der Waals surface area contributed by atoms with Crippen LogP contribution in [0.3, 0.4) is 0 Å². The smallest absolute Gasteiger partial charge is 0.342 e. The van der Waals surface area contributed by atoms with Crippen molar-refractivity contribution in [3.63, 3.8) is 0 Å². The number of alkyl halides is 4. The second kappa shape index (κ2) is 7.53.